The van der Waals surface area contributed by atoms with Crippen molar-refractivity contribution in [3.05, 3.63) is 0 Å². The highest BCUT2D eigenvalue weighted by atomic mass is 127. The molecule has 0 bridgehead atoms. The molecule has 0 aromatic rings. The van der Waals surface area contributed by atoms with Gasteiger partial charge in [0.1, 0.15) is 6.10 Å². The van der Waals surface area contributed by atoms with Gasteiger partial charge in [-0.2, -0.15) is 0 Å². The molecular weight excluding hydrogens is 267 g/mol. The van der Waals surface area contributed by atoms with Crippen LogP contribution in [0, 0.1) is 0 Å². The van der Waals surface area contributed by atoms with Gasteiger partial charge in [-0.3, -0.25) is 0 Å². The molecule has 0 aliphatic heterocycles. The minimum absolute atomic E-state index is 0.0189. The Kier molecular flexibility index (Phi) is 8.83. The number of hydrogen-bond acceptors (Lipinski definition) is 4. The van der Waals surface area contributed by atoms with Crippen LogP contribution in [0.1, 0.15) is 6.92 Å². The molecule has 0 spiro atoms. The van der Waals surface area contributed by atoms with Gasteiger partial charge >= 0.3 is 0 Å². The van der Waals surface area contributed by atoms with Crippen molar-refractivity contribution in [1.82, 2.24) is 0 Å². The van der Waals surface area contributed by atoms with Gasteiger partial charge in [-0.25, -0.2) is 0 Å². The molecule has 3 nitrogen and oxygen atoms in total. The molecule has 0 saturated carbocycles. The van der Waals surface area contributed by atoms with Crippen LogP contribution >= 0.6 is 30.4 Å². The largest absolute Gasteiger partial charge is 0.394 e. The first-order chi connectivity index (χ1) is 4.85. The highest BCUT2D eigenvalue weighted by Gasteiger charge is 2.05. The molecule has 0 aromatic heterocycles. The zero-order chi connectivity index (χ0) is 7.82. The van der Waals surface area contributed by atoms with Crippen molar-refractivity contribution in [2.24, 2.45) is 0 Å². The highest BCUT2D eigenvalue weighted by molar-refractivity contribution is 14.2. The maximum atomic E-state index is 8.67. The first-order valence-corrected chi connectivity index (χ1v) is 6.26. The van der Waals surface area contributed by atoms with Crippen LogP contribution in [-0.2, 0) is 8.92 Å². The van der Waals surface area contributed by atoms with Crippen LogP contribution in [0.4, 0.5) is 0 Å². The van der Waals surface area contributed by atoms with E-state index in [0.717, 1.165) is 0 Å². The maximum absolute atomic E-state index is 8.67. The summed E-state index contributed by atoms with van der Waals surface area (Å²) >= 11 is 2.02. The third kappa shape index (κ3) is 5.72. The summed E-state index contributed by atoms with van der Waals surface area (Å²) in [5.41, 5.74) is 0. The smallest absolute Gasteiger partial charge is 0.105 e. The van der Waals surface area contributed by atoms with Crippen LogP contribution in [-0.4, -0.2) is 31.0 Å². The second-order valence-corrected chi connectivity index (χ2v) is 3.05. The molecule has 0 aliphatic rings. The van der Waals surface area contributed by atoms with Crippen LogP contribution in [0.2, 0.25) is 0 Å². The van der Waals surface area contributed by atoms with E-state index in [1.54, 1.807) is 0 Å². The summed E-state index contributed by atoms with van der Waals surface area (Å²) in [4.78, 5) is 0. The average Bonchev–Trinajstić information content (AvgIpc) is 1.98. The summed E-state index contributed by atoms with van der Waals surface area (Å²) in [6.07, 6.45) is -0.174. The molecule has 5 heteroatoms. The normalized spacial score (nSPS) is 13.5. The van der Waals surface area contributed by atoms with E-state index in [-0.39, 0.29) is 12.7 Å². The number of hydrogen-bond donors (Lipinski definition) is 1. The Morgan fingerprint density at radius 2 is 2.40 bits per heavy atom. The van der Waals surface area contributed by atoms with Crippen molar-refractivity contribution in [2.75, 3.05) is 19.8 Å². The first-order valence-electron chi connectivity index (χ1n) is 2.97. The molecule has 0 saturated heterocycles. The average molecular weight is 278 g/mol. The van der Waals surface area contributed by atoms with Gasteiger partial charge in [-0.05, 0) is 6.92 Å². The predicted molar refractivity (Wildman–Crippen MR) is 50.1 cm³/mol. The minimum atomic E-state index is -0.174. The Balaban J connectivity index is 3.21. The zero-order valence-corrected chi connectivity index (χ0v) is 8.72. The Morgan fingerprint density at radius 1 is 1.70 bits per heavy atom. The third-order valence-electron chi connectivity index (χ3n) is 0.904. The molecule has 62 valence electrons. The topological polar surface area (TPSA) is 38.7 Å². The Morgan fingerprint density at radius 3 is 2.80 bits per heavy atom. The lowest BCUT2D eigenvalue weighted by Gasteiger charge is -2.11. The molecule has 10 heavy (non-hydrogen) atoms. The standard InChI is InChI=1S/C5H11IO3S/c1-2-8-5(3-7)4-9-10-6/h5,7H,2-4H2,1H3. The van der Waals surface area contributed by atoms with Crippen LogP contribution in [0.5, 0.6) is 0 Å². The fourth-order valence-electron chi connectivity index (χ4n) is 0.491. The third-order valence-corrected chi connectivity index (χ3v) is 1.89. The monoisotopic (exact) mass is 278 g/mol. The molecule has 0 radical (unpaired) electrons. The van der Waals surface area contributed by atoms with E-state index in [9.17, 15) is 0 Å². The molecule has 0 heterocycles. The molecule has 0 rings (SSSR count). The molecule has 0 aliphatic carbocycles. The van der Waals surface area contributed by atoms with E-state index in [0.29, 0.717) is 13.2 Å². The molecule has 0 fully saturated rings. The SMILES string of the molecule is CCOC(CO)COSI. The van der Waals surface area contributed by atoms with Crippen LogP contribution in [0.25, 0.3) is 0 Å². The van der Waals surface area contributed by atoms with Crippen molar-refractivity contribution in [1.29, 1.82) is 0 Å². The summed E-state index contributed by atoms with van der Waals surface area (Å²) in [6.45, 7) is 2.96. The van der Waals surface area contributed by atoms with Crippen LogP contribution < -0.4 is 0 Å². The van der Waals surface area contributed by atoms with E-state index >= 15 is 0 Å². The van der Waals surface area contributed by atoms with E-state index < -0.39 is 0 Å². The lowest BCUT2D eigenvalue weighted by molar-refractivity contribution is -0.00307. The van der Waals surface area contributed by atoms with E-state index in [1.165, 1.54) is 9.21 Å². The molecule has 1 unspecified atom stereocenters. The van der Waals surface area contributed by atoms with Gasteiger partial charge in [-0.1, -0.05) is 0 Å². The van der Waals surface area contributed by atoms with Gasteiger partial charge in [-0.15, -0.1) is 0 Å². The summed E-state index contributed by atoms with van der Waals surface area (Å²) in [5, 5.41) is 8.67. The Bertz CT molecular complexity index is 73.9. The Labute approximate surface area is 77.3 Å². The fourth-order valence-corrected chi connectivity index (χ4v) is 1.13. The molecule has 1 atom stereocenters. The van der Waals surface area contributed by atoms with Crippen LogP contribution in [0.3, 0.4) is 0 Å². The molecule has 0 amide bonds. The van der Waals surface area contributed by atoms with Crippen LogP contribution in [0.15, 0.2) is 0 Å². The molecule has 1 N–H and O–H groups in total. The van der Waals surface area contributed by atoms with Gasteiger partial charge in [0.2, 0.25) is 0 Å². The van der Waals surface area contributed by atoms with Gasteiger partial charge in [0, 0.05) is 27.8 Å². The van der Waals surface area contributed by atoms with Gasteiger partial charge in [0.15, 0.2) is 0 Å². The summed E-state index contributed by atoms with van der Waals surface area (Å²) in [6, 6.07) is 0. The number of aliphatic hydroxyl groups excluding tert-OH is 1. The van der Waals surface area contributed by atoms with E-state index in [1.807, 2.05) is 28.1 Å². The van der Waals surface area contributed by atoms with Gasteiger partial charge in [0.25, 0.3) is 0 Å². The highest BCUT2D eigenvalue weighted by Crippen LogP contribution is 2.12. The number of aliphatic hydroxyl groups is 1. The van der Waals surface area contributed by atoms with E-state index in [4.69, 9.17) is 14.0 Å². The number of ether oxygens (including phenoxy) is 1. The summed E-state index contributed by atoms with van der Waals surface area (Å²) in [7, 11) is 1.25. The number of rotatable bonds is 6. The van der Waals surface area contributed by atoms with Gasteiger partial charge < -0.3 is 14.0 Å². The number of halogens is 1. The second kappa shape index (κ2) is 8.06. The minimum Gasteiger partial charge on any atom is -0.394 e. The van der Waals surface area contributed by atoms with Crippen molar-refractivity contribution < 1.29 is 14.0 Å². The zero-order valence-electron chi connectivity index (χ0n) is 5.75. The second-order valence-electron chi connectivity index (χ2n) is 1.61. The predicted octanol–water partition coefficient (Wildman–Crippen LogP) is 1.40. The van der Waals surface area contributed by atoms with Crippen molar-refractivity contribution in [3.8, 4) is 0 Å². The fraction of sp³-hybridized carbons (Fsp3) is 1.00. The first kappa shape index (κ1) is 11.0. The van der Waals surface area contributed by atoms with Gasteiger partial charge in [0.05, 0.1) is 22.4 Å². The molecule has 0 aromatic carbocycles. The lowest BCUT2D eigenvalue weighted by atomic mass is 10.4. The maximum Gasteiger partial charge on any atom is 0.105 e. The Hall–Kier alpha value is 0.960. The lowest BCUT2D eigenvalue weighted by Crippen LogP contribution is -2.22. The van der Waals surface area contributed by atoms with Crippen molar-refractivity contribution in [2.45, 2.75) is 13.0 Å². The quantitative estimate of drug-likeness (QED) is 0.589. The van der Waals surface area contributed by atoms with Crippen molar-refractivity contribution >= 4 is 30.4 Å². The summed E-state index contributed by atoms with van der Waals surface area (Å²) in [5.74, 6) is 0. The van der Waals surface area contributed by atoms with Crippen molar-refractivity contribution in [3.63, 3.8) is 0 Å². The van der Waals surface area contributed by atoms with E-state index in [2.05, 4.69) is 0 Å². The summed E-state index contributed by atoms with van der Waals surface area (Å²) < 4.78 is 10.1. The molecular formula is C5H11IO3S.